The number of ether oxygens (including phenoxy) is 2. The van der Waals surface area contributed by atoms with Crippen LogP contribution in [0.5, 0.6) is 0 Å². The lowest BCUT2D eigenvalue weighted by Gasteiger charge is -2.13. The van der Waals surface area contributed by atoms with Crippen molar-refractivity contribution in [3.63, 3.8) is 0 Å². The van der Waals surface area contributed by atoms with E-state index in [1.54, 1.807) is 0 Å². The fourth-order valence-electron chi connectivity index (χ4n) is 3.24. The van der Waals surface area contributed by atoms with Crippen molar-refractivity contribution in [3.05, 3.63) is 23.3 Å². The largest absolute Gasteiger partial charge is 0.429 e. The maximum atomic E-state index is 11.8. The average Bonchev–Trinajstić information content (AvgIpc) is 2.87. The van der Waals surface area contributed by atoms with Crippen LogP contribution < -0.4 is 0 Å². The van der Waals surface area contributed by atoms with Crippen LogP contribution in [0.2, 0.25) is 0 Å². The van der Waals surface area contributed by atoms with Crippen molar-refractivity contribution < 1.29 is 14.3 Å². The van der Waals surface area contributed by atoms with Crippen LogP contribution in [0.15, 0.2) is 23.3 Å². The number of carbonyl (C=O) groups is 1. The van der Waals surface area contributed by atoms with Gasteiger partial charge in [-0.1, -0.05) is 23.3 Å². The lowest BCUT2D eigenvalue weighted by atomic mass is 9.84. The molecule has 2 aliphatic heterocycles. The van der Waals surface area contributed by atoms with Gasteiger partial charge in [0.1, 0.15) is 0 Å². The molecule has 3 rings (SSSR count). The first-order chi connectivity index (χ1) is 8.49. The number of hydrogen-bond acceptors (Lipinski definition) is 3. The highest BCUT2D eigenvalue weighted by Crippen LogP contribution is 2.64. The highest BCUT2D eigenvalue weighted by Gasteiger charge is 2.81. The predicted octanol–water partition coefficient (Wildman–Crippen LogP) is 3.11. The molecule has 0 N–H and O–H groups in total. The molecule has 3 atom stereocenters. The summed E-state index contributed by atoms with van der Waals surface area (Å²) < 4.78 is 11.5. The monoisotopic (exact) mass is 248 g/mol. The topological polar surface area (TPSA) is 38.8 Å². The van der Waals surface area contributed by atoms with Crippen LogP contribution >= 0.6 is 0 Å². The Morgan fingerprint density at radius 3 is 2.83 bits per heavy atom. The molecule has 3 unspecified atom stereocenters. The summed E-state index contributed by atoms with van der Waals surface area (Å²) in [6.45, 7) is 6.16. The van der Waals surface area contributed by atoms with Gasteiger partial charge in [0.2, 0.25) is 5.79 Å². The quantitative estimate of drug-likeness (QED) is 0.375. The van der Waals surface area contributed by atoms with E-state index in [9.17, 15) is 4.79 Å². The molecular weight excluding hydrogens is 228 g/mol. The zero-order chi connectivity index (χ0) is 13.0. The Hall–Kier alpha value is -1.09. The van der Waals surface area contributed by atoms with Crippen LogP contribution in [0.25, 0.3) is 0 Å². The molecule has 3 nitrogen and oxygen atoms in total. The molecule has 0 aromatic heterocycles. The van der Waals surface area contributed by atoms with E-state index >= 15 is 0 Å². The molecule has 1 aliphatic carbocycles. The van der Waals surface area contributed by atoms with E-state index in [0.29, 0.717) is 0 Å². The van der Waals surface area contributed by atoms with Crippen molar-refractivity contribution in [2.45, 2.75) is 57.8 Å². The van der Waals surface area contributed by atoms with Crippen LogP contribution in [0.4, 0.5) is 0 Å². The second-order valence-electron chi connectivity index (χ2n) is 5.91. The summed E-state index contributed by atoms with van der Waals surface area (Å²) in [6, 6.07) is 0. The van der Waals surface area contributed by atoms with Gasteiger partial charge < -0.3 is 9.47 Å². The van der Waals surface area contributed by atoms with E-state index in [1.165, 1.54) is 11.1 Å². The molecule has 18 heavy (non-hydrogen) atoms. The predicted molar refractivity (Wildman–Crippen MR) is 67.8 cm³/mol. The van der Waals surface area contributed by atoms with Gasteiger partial charge in [-0.2, -0.15) is 0 Å². The maximum Gasteiger partial charge on any atom is 0.314 e. The van der Waals surface area contributed by atoms with Gasteiger partial charge in [-0.05, 0) is 33.6 Å². The van der Waals surface area contributed by atoms with Crippen molar-refractivity contribution >= 4 is 5.97 Å². The van der Waals surface area contributed by atoms with Crippen LogP contribution in [0.1, 0.15) is 46.5 Å². The lowest BCUT2D eigenvalue weighted by Crippen LogP contribution is -2.26. The summed E-state index contributed by atoms with van der Waals surface area (Å²) in [5, 5.41) is 0. The Labute approximate surface area is 108 Å². The summed E-state index contributed by atoms with van der Waals surface area (Å²) >= 11 is 0. The molecule has 0 amide bonds. The molecule has 2 fully saturated rings. The van der Waals surface area contributed by atoms with Gasteiger partial charge in [-0.25, -0.2) is 0 Å². The van der Waals surface area contributed by atoms with Crippen LogP contribution in [0.3, 0.4) is 0 Å². The summed E-state index contributed by atoms with van der Waals surface area (Å²) in [7, 11) is 0. The summed E-state index contributed by atoms with van der Waals surface area (Å²) in [5.41, 5.74) is 2.22. The summed E-state index contributed by atoms with van der Waals surface area (Å²) in [4.78, 5) is 11.8. The van der Waals surface area contributed by atoms with E-state index < -0.39 is 11.4 Å². The number of esters is 1. The van der Waals surface area contributed by atoms with Gasteiger partial charge in [0.15, 0.2) is 5.60 Å². The second-order valence-corrected chi connectivity index (χ2v) is 5.91. The van der Waals surface area contributed by atoms with Gasteiger partial charge in [0.25, 0.3) is 0 Å². The highest BCUT2D eigenvalue weighted by atomic mass is 16.8. The van der Waals surface area contributed by atoms with E-state index in [-0.39, 0.29) is 11.9 Å². The van der Waals surface area contributed by atoms with Crippen molar-refractivity contribution in [2.75, 3.05) is 0 Å². The Bertz CT molecular complexity index is 462. The molecule has 0 aromatic carbocycles. The van der Waals surface area contributed by atoms with Crippen LogP contribution in [-0.4, -0.2) is 17.4 Å². The van der Waals surface area contributed by atoms with Gasteiger partial charge >= 0.3 is 5.97 Å². The molecule has 0 aromatic rings. The minimum atomic E-state index is -0.668. The Balaban J connectivity index is 1.96. The van der Waals surface area contributed by atoms with Gasteiger partial charge in [0.05, 0.1) is 5.92 Å². The normalized spacial score (nSPS) is 43.3. The van der Waals surface area contributed by atoms with E-state index in [1.807, 2.05) is 6.92 Å². The molecule has 3 heteroatoms. The fourth-order valence-corrected chi connectivity index (χ4v) is 3.24. The summed E-state index contributed by atoms with van der Waals surface area (Å²) in [6.07, 6.45) is 8.11. The molecule has 0 radical (unpaired) electrons. The number of epoxide rings is 1. The average molecular weight is 248 g/mol. The van der Waals surface area contributed by atoms with E-state index in [2.05, 4.69) is 26.0 Å². The van der Waals surface area contributed by atoms with Crippen LogP contribution in [-0.2, 0) is 14.3 Å². The number of rotatable bonds is 0. The van der Waals surface area contributed by atoms with Gasteiger partial charge in [-0.3, -0.25) is 4.79 Å². The molecule has 98 valence electrons. The smallest absolute Gasteiger partial charge is 0.314 e. The van der Waals surface area contributed by atoms with E-state index in [0.717, 1.165) is 25.7 Å². The Morgan fingerprint density at radius 1 is 1.28 bits per heavy atom. The molecule has 0 spiro atoms. The van der Waals surface area contributed by atoms with Crippen LogP contribution in [0, 0.1) is 5.92 Å². The summed E-state index contributed by atoms with van der Waals surface area (Å²) in [5.74, 6) is -0.939. The second kappa shape index (κ2) is 3.70. The number of carbonyl (C=O) groups excluding carboxylic acids is 1. The standard InChI is InChI=1S/C15H20O3/c1-10-5-4-6-11(2)9-15-14(18-15,8-7-10)12(3)13(16)17-15/h6-7,12H,4-5,8-9H2,1-3H3. The number of hydrogen-bond donors (Lipinski definition) is 0. The third kappa shape index (κ3) is 1.50. The third-order valence-electron chi connectivity index (χ3n) is 4.57. The first kappa shape index (κ1) is 12.0. The zero-order valence-corrected chi connectivity index (χ0v) is 11.3. The van der Waals surface area contributed by atoms with Gasteiger partial charge in [0, 0.05) is 12.8 Å². The van der Waals surface area contributed by atoms with E-state index in [4.69, 9.17) is 9.47 Å². The first-order valence-electron chi connectivity index (χ1n) is 6.73. The minimum absolute atomic E-state index is 0.112. The zero-order valence-electron chi connectivity index (χ0n) is 11.3. The van der Waals surface area contributed by atoms with Gasteiger partial charge in [-0.15, -0.1) is 0 Å². The molecule has 3 aliphatic rings. The first-order valence-corrected chi connectivity index (χ1v) is 6.73. The maximum absolute atomic E-state index is 11.8. The molecule has 0 saturated carbocycles. The Kier molecular flexibility index (Phi) is 2.46. The highest BCUT2D eigenvalue weighted by molar-refractivity contribution is 5.79. The van der Waals surface area contributed by atoms with Crippen molar-refractivity contribution in [2.24, 2.45) is 5.92 Å². The third-order valence-corrected chi connectivity index (χ3v) is 4.57. The molecule has 2 heterocycles. The fraction of sp³-hybridized carbons (Fsp3) is 0.667. The Morgan fingerprint density at radius 2 is 2.06 bits per heavy atom. The number of allylic oxidation sites excluding steroid dienone is 2. The molecule has 0 bridgehead atoms. The lowest BCUT2D eigenvalue weighted by molar-refractivity contribution is -0.160. The van der Waals surface area contributed by atoms with Crippen molar-refractivity contribution in [3.8, 4) is 0 Å². The minimum Gasteiger partial charge on any atom is -0.429 e. The SMILES string of the molecule is CC1=CCC23OC2(CC(C)=CCC1)OC(=O)C3C. The molecule has 2 saturated heterocycles. The van der Waals surface area contributed by atoms with Crippen molar-refractivity contribution in [1.29, 1.82) is 0 Å². The van der Waals surface area contributed by atoms with Crippen molar-refractivity contribution in [1.82, 2.24) is 0 Å². The molecular formula is C15H20O3.